The number of aromatic nitrogens is 1. The van der Waals surface area contributed by atoms with Gasteiger partial charge in [-0.2, -0.15) is 4.31 Å². The van der Waals surface area contributed by atoms with Gasteiger partial charge in [0.05, 0.1) is 11.4 Å². The van der Waals surface area contributed by atoms with Crippen LogP contribution in [0.2, 0.25) is 0 Å². The van der Waals surface area contributed by atoms with Gasteiger partial charge < -0.3 is 9.47 Å². The molecule has 1 saturated heterocycles. The Hall–Kier alpha value is -3.23. The predicted molar refractivity (Wildman–Crippen MR) is 127 cm³/mol. The van der Waals surface area contributed by atoms with Gasteiger partial charge >= 0.3 is 0 Å². The van der Waals surface area contributed by atoms with E-state index in [2.05, 4.69) is 0 Å². The summed E-state index contributed by atoms with van der Waals surface area (Å²) in [4.78, 5) is 27.9. The van der Waals surface area contributed by atoms with E-state index in [1.807, 2.05) is 38.1 Å². The summed E-state index contributed by atoms with van der Waals surface area (Å²) < 4.78 is 28.7. The number of hydrogen-bond donors (Lipinski definition) is 0. The zero-order chi connectivity index (χ0) is 23.6. The Morgan fingerprint density at radius 1 is 0.879 bits per heavy atom. The van der Waals surface area contributed by atoms with E-state index in [0.29, 0.717) is 6.54 Å². The summed E-state index contributed by atoms with van der Waals surface area (Å²) in [6, 6.07) is 17.9. The van der Waals surface area contributed by atoms with Crippen molar-refractivity contribution in [3.05, 3.63) is 99.5 Å². The van der Waals surface area contributed by atoms with Crippen molar-refractivity contribution in [3.8, 4) is 0 Å². The number of carbonyl (C=O) groups is 1. The molecule has 0 atom stereocenters. The molecule has 3 aromatic rings. The van der Waals surface area contributed by atoms with Gasteiger partial charge in [0.25, 0.3) is 11.5 Å². The Balaban J connectivity index is 1.47. The van der Waals surface area contributed by atoms with E-state index in [1.165, 1.54) is 14.9 Å². The molecule has 0 aliphatic carbocycles. The van der Waals surface area contributed by atoms with Crippen molar-refractivity contribution in [2.45, 2.75) is 25.3 Å². The smallest absolute Gasteiger partial charge is 0.263 e. The number of nitrogens with zero attached hydrogens (tertiary/aromatic N) is 3. The summed E-state index contributed by atoms with van der Waals surface area (Å²) in [7, 11) is -3.62. The first-order chi connectivity index (χ1) is 15.8. The highest BCUT2D eigenvalue weighted by Gasteiger charge is 2.31. The lowest BCUT2D eigenvalue weighted by atomic mass is 10.1. The molecular formula is C25H27N3O4S. The Morgan fingerprint density at radius 2 is 1.58 bits per heavy atom. The van der Waals surface area contributed by atoms with Crippen LogP contribution in [-0.2, 0) is 16.6 Å². The van der Waals surface area contributed by atoms with Gasteiger partial charge in [0.15, 0.2) is 0 Å². The molecule has 0 spiro atoms. The zero-order valence-electron chi connectivity index (χ0n) is 18.8. The molecule has 2 heterocycles. The average Bonchev–Trinajstić information content (AvgIpc) is 2.80. The fourth-order valence-corrected chi connectivity index (χ4v) is 5.41. The molecular weight excluding hydrogens is 438 g/mol. The van der Waals surface area contributed by atoms with Crippen molar-refractivity contribution in [2.24, 2.45) is 0 Å². The topological polar surface area (TPSA) is 79.7 Å². The fourth-order valence-electron chi connectivity index (χ4n) is 3.99. The SMILES string of the molecule is Cc1ccc(S(=O)(=O)N2CCN(C(=O)c3cccn(Cc4cccc(C)c4)c3=O)CC2)cc1. The molecule has 1 fully saturated rings. The zero-order valence-corrected chi connectivity index (χ0v) is 19.6. The Bertz CT molecular complexity index is 1320. The molecule has 0 unspecified atom stereocenters. The normalized spacial score (nSPS) is 14.9. The molecule has 0 saturated carbocycles. The van der Waals surface area contributed by atoms with Gasteiger partial charge in [0.1, 0.15) is 5.56 Å². The number of amides is 1. The van der Waals surface area contributed by atoms with Crippen LogP contribution in [0.4, 0.5) is 0 Å². The maximum absolute atomic E-state index is 13.1. The van der Waals surface area contributed by atoms with E-state index in [1.54, 1.807) is 41.4 Å². The maximum atomic E-state index is 13.1. The molecule has 0 radical (unpaired) electrons. The molecule has 4 rings (SSSR count). The lowest BCUT2D eigenvalue weighted by Crippen LogP contribution is -2.51. The highest BCUT2D eigenvalue weighted by molar-refractivity contribution is 7.89. The number of pyridine rings is 1. The molecule has 2 aromatic carbocycles. The van der Waals surface area contributed by atoms with Crippen molar-refractivity contribution < 1.29 is 13.2 Å². The molecule has 1 amide bonds. The van der Waals surface area contributed by atoms with Gasteiger partial charge in [-0.3, -0.25) is 9.59 Å². The molecule has 1 aromatic heterocycles. The number of rotatable bonds is 5. The van der Waals surface area contributed by atoms with Crippen LogP contribution >= 0.6 is 0 Å². The number of piperazine rings is 1. The minimum Gasteiger partial charge on any atom is -0.336 e. The highest BCUT2D eigenvalue weighted by Crippen LogP contribution is 2.19. The molecule has 1 aliphatic heterocycles. The summed E-state index contributed by atoms with van der Waals surface area (Å²) in [5.74, 6) is -0.369. The van der Waals surface area contributed by atoms with Gasteiger partial charge in [0, 0.05) is 32.4 Å². The van der Waals surface area contributed by atoms with Crippen LogP contribution < -0.4 is 5.56 Å². The monoisotopic (exact) mass is 465 g/mol. The van der Waals surface area contributed by atoms with Gasteiger partial charge in [-0.15, -0.1) is 0 Å². The number of carbonyl (C=O) groups excluding carboxylic acids is 1. The van der Waals surface area contributed by atoms with Crippen LogP contribution in [-0.4, -0.2) is 54.3 Å². The second kappa shape index (κ2) is 9.33. The van der Waals surface area contributed by atoms with Crippen LogP contribution in [0, 0.1) is 13.8 Å². The van der Waals surface area contributed by atoms with Gasteiger partial charge in [-0.1, -0.05) is 47.5 Å². The lowest BCUT2D eigenvalue weighted by molar-refractivity contribution is 0.0695. The van der Waals surface area contributed by atoms with Gasteiger partial charge in [0.2, 0.25) is 10.0 Å². The summed E-state index contributed by atoms with van der Waals surface area (Å²) in [6.07, 6.45) is 1.67. The van der Waals surface area contributed by atoms with E-state index in [9.17, 15) is 18.0 Å². The van der Waals surface area contributed by atoms with E-state index in [0.717, 1.165) is 16.7 Å². The second-order valence-electron chi connectivity index (χ2n) is 8.35. The molecule has 0 bridgehead atoms. The van der Waals surface area contributed by atoms with E-state index in [4.69, 9.17) is 0 Å². The molecule has 7 nitrogen and oxygen atoms in total. The quantitative estimate of drug-likeness (QED) is 0.580. The minimum absolute atomic E-state index is 0.0972. The van der Waals surface area contributed by atoms with Crippen molar-refractivity contribution in [3.63, 3.8) is 0 Å². The average molecular weight is 466 g/mol. The third-order valence-corrected chi connectivity index (χ3v) is 7.78. The first kappa shape index (κ1) is 22.9. The summed E-state index contributed by atoms with van der Waals surface area (Å²) in [5, 5.41) is 0. The van der Waals surface area contributed by atoms with Crippen molar-refractivity contribution in [1.82, 2.24) is 13.8 Å². The Morgan fingerprint density at radius 3 is 2.24 bits per heavy atom. The summed E-state index contributed by atoms with van der Waals surface area (Å²) >= 11 is 0. The van der Waals surface area contributed by atoms with Crippen LogP contribution in [0.5, 0.6) is 0 Å². The Labute approximate surface area is 193 Å². The third kappa shape index (κ3) is 4.91. The number of aryl methyl sites for hydroxylation is 2. The van der Waals surface area contributed by atoms with E-state index >= 15 is 0 Å². The van der Waals surface area contributed by atoms with Crippen LogP contribution in [0.3, 0.4) is 0 Å². The molecule has 8 heteroatoms. The molecule has 1 aliphatic rings. The van der Waals surface area contributed by atoms with Crippen molar-refractivity contribution in [1.29, 1.82) is 0 Å². The van der Waals surface area contributed by atoms with Crippen LogP contribution in [0.1, 0.15) is 27.0 Å². The minimum atomic E-state index is -3.62. The second-order valence-corrected chi connectivity index (χ2v) is 10.3. The Kier molecular flexibility index (Phi) is 6.49. The largest absolute Gasteiger partial charge is 0.336 e. The van der Waals surface area contributed by atoms with Crippen molar-refractivity contribution in [2.75, 3.05) is 26.2 Å². The van der Waals surface area contributed by atoms with Gasteiger partial charge in [-0.25, -0.2) is 8.42 Å². The van der Waals surface area contributed by atoms with Crippen LogP contribution in [0.25, 0.3) is 0 Å². The first-order valence-corrected chi connectivity index (χ1v) is 12.3. The van der Waals surface area contributed by atoms with Crippen LogP contribution in [0.15, 0.2) is 76.6 Å². The maximum Gasteiger partial charge on any atom is 0.263 e. The van der Waals surface area contributed by atoms with E-state index in [-0.39, 0.29) is 48.1 Å². The third-order valence-electron chi connectivity index (χ3n) is 5.87. The first-order valence-electron chi connectivity index (χ1n) is 10.9. The van der Waals surface area contributed by atoms with E-state index < -0.39 is 10.0 Å². The molecule has 0 N–H and O–H groups in total. The predicted octanol–water partition coefficient (Wildman–Crippen LogP) is 2.66. The van der Waals surface area contributed by atoms with Gasteiger partial charge in [-0.05, 0) is 43.7 Å². The number of hydrogen-bond acceptors (Lipinski definition) is 4. The highest BCUT2D eigenvalue weighted by atomic mass is 32.2. The fraction of sp³-hybridized carbons (Fsp3) is 0.280. The molecule has 172 valence electrons. The standard InChI is InChI=1S/C25H27N3O4S/c1-19-8-10-22(11-9-19)33(31,32)28-15-13-26(14-16-28)24(29)23-7-4-12-27(25(23)30)18-21-6-3-5-20(2)17-21/h3-12,17H,13-16,18H2,1-2H3. The number of sulfonamides is 1. The molecule has 33 heavy (non-hydrogen) atoms. The van der Waals surface area contributed by atoms with Crippen molar-refractivity contribution >= 4 is 15.9 Å². The lowest BCUT2D eigenvalue weighted by Gasteiger charge is -2.34. The summed E-state index contributed by atoms with van der Waals surface area (Å²) in [6.45, 7) is 5.11. The number of benzene rings is 2. The summed E-state index contributed by atoms with van der Waals surface area (Å²) in [5.41, 5.74) is 2.82.